The number of carbonyl (C=O) groups excluding carboxylic acids is 1. The average Bonchev–Trinajstić information content (AvgIpc) is 2.92. The zero-order chi connectivity index (χ0) is 13.0. The third-order valence-corrected chi connectivity index (χ3v) is 3.19. The van der Waals surface area contributed by atoms with Gasteiger partial charge in [0.05, 0.1) is 6.61 Å². The smallest absolute Gasteiger partial charge is 0.339 e. The molecule has 4 heteroatoms. The highest BCUT2D eigenvalue weighted by molar-refractivity contribution is 5.79. The quantitative estimate of drug-likeness (QED) is 0.828. The van der Waals surface area contributed by atoms with E-state index in [2.05, 4.69) is 4.90 Å². The normalized spacial score (nSPS) is 16.7. The lowest BCUT2D eigenvalue weighted by Gasteiger charge is -2.23. The predicted octanol–water partition coefficient (Wildman–Crippen LogP) is 1.88. The summed E-state index contributed by atoms with van der Waals surface area (Å²) < 4.78 is 4.87. The Morgan fingerprint density at radius 1 is 1.39 bits per heavy atom. The average molecular weight is 249 g/mol. The molecular weight excluding hydrogens is 230 g/mol. The third kappa shape index (κ3) is 2.64. The molecule has 1 aliphatic heterocycles. The molecule has 4 nitrogen and oxygen atoms in total. The second-order valence-corrected chi connectivity index (χ2v) is 4.41. The molecule has 0 aliphatic carbocycles. The van der Waals surface area contributed by atoms with Crippen LogP contribution in [0.25, 0.3) is 0 Å². The molecule has 0 radical (unpaired) electrons. The number of nitrogens with zero attached hydrogens (tertiary/aromatic N) is 1. The van der Waals surface area contributed by atoms with Crippen molar-refractivity contribution < 1.29 is 14.6 Å². The first kappa shape index (κ1) is 12.9. The summed E-state index contributed by atoms with van der Waals surface area (Å²) in [6.45, 7) is 3.97. The summed E-state index contributed by atoms with van der Waals surface area (Å²) in [5.41, 5.74) is 1.58. The number of aliphatic hydroxyl groups is 1. The number of anilines is 1. The molecule has 98 valence electrons. The lowest BCUT2D eigenvalue weighted by Crippen LogP contribution is -2.23. The Hall–Kier alpha value is -1.55. The summed E-state index contributed by atoms with van der Waals surface area (Å²) in [6, 6.07) is 7.49. The van der Waals surface area contributed by atoms with E-state index >= 15 is 0 Å². The Kier molecular flexibility index (Phi) is 4.20. The molecule has 1 N–H and O–H groups in total. The van der Waals surface area contributed by atoms with Gasteiger partial charge in [-0.25, -0.2) is 4.79 Å². The van der Waals surface area contributed by atoms with Crippen LogP contribution in [0.4, 0.5) is 5.69 Å². The van der Waals surface area contributed by atoms with E-state index in [4.69, 9.17) is 4.74 Å². The van der Waals surface area contributed by atoms with Crippen LogP contribution in [0.2, 0.25) is 0 Å². The maximum Gasteiger partial charge on any atom is 0.339 e. The second kappa shape index (κ2) is 5.87. The zero-order valence-corrected chi connectivity index (χ0v) is 10.6. The molecule has 0 saturated carbocycles. The van der Waals surface area contributed by atoms with Crippen LogP contribution in [-0.4, -0.2) is 30.8 Å². The van der Waals surface area contributed by atoms with Crippen LogP contribution in [0.3, 0.4) is 0 Å². The molecule has 1 saturated heterocycles. The summed E-state index contributed by atoms with van der Waals surface area (Å²) in [5.74, 6) is -0.579. The van der Waals surface area contributed by atoms with Gasteiger partial charge in [-0.2, -0.15) is 0 Å². The first-order valence-electron chi connectivity index (χ1n) is 6.42. The van der Waals surface area contributed by atoms with Gasteiger partial charge in [-0.1, -0.05) is 18.2 Å². The lowest BCUT2D eigenvalue weighted by atomic mass is 10.1. The van der Waals surface area contributed by atoms with E-state index in [1.807, 2.05) is 18.2 Å². The number of benzene rings is 1. The van der Waals surface area contributed by atoms with Crippen molar-refractivity contribution in [2.24, 2.45) is 0 Å². The topological polar surface area (TPSA) is 49.8 Å². The van der Waals surface area contributed by atoms with Gasteiger partial charge in [-0.15, -0.1) is 0 Å². The Morgan fingerprint density at radius 2 is 2.06 bits per heavy atom. The van der Waals surface area contributed by atoms with Crippen LogP contribution in [0, 0.1) is 0 Å². The van der Waals surface area contributed by atoms with Crippen molar-refractivity contribution in [3.05, 3.63) is 29.8 Å². The predicted molar refractivity (Wildman–Crippen MR) is 69.5 cm³/mol. The molecule has 1 unspecified atom stereocenters. The fourth-order valence-corrected chi connectivity index (χ4v) is 2.31. The summed E-state index contributed by atoms with van der Waals surface area (Å²) in [6.07, 6.45) is 1.12. The number of rotatable bonds is 4. The Labute approximate surface area is 107 Å². The highest BCUT2D eigenvalue weighted by atomic mass is 16.5. The van der Waals surface area contributed by atoms with Gasteiger partial charge < -0.3 is 14.7 Å². The number of hydrogen-bond acceptors (Lipinski definition) is 4. The molecule has 1 aliphatic rings. The van der Waals surface area contributed by atoms with E-state index in [0.717, 1.165) is 31.6 Å². The van der Waals surface area contributed by atoms with Crippen molar-refractivity contribution >= 4 is 11.7 Å². The van der Waals surface area contributed by atoms with Crippen LogP contribution >= 0.6 is 0 Å². The second-order valence-electron chi connectivity index (χ2n) is 4.41. The summed E-state index contributed by atoms with van der Waals surface area (Å²) in [7, 11) is 0. The van der Waals surface area contributed by atoms with Gasteiger partial charge in [0.1, 0.15) is 0 Å². The van der Waals surface area contributed by atoms with Crippen LogP contribution < -0.4 is 4.90 Å². The molecule has 0 aromatic heterocycles. The molecule has 0 spiro atoms. The molecular formula is C14H19NO3. The number of ether oxygens (including phenoxy) is 1. The van der Waals surface area contributed by atoms with Gasteiger partial charge in [-0.05, 0) is 25.8 Å². The van der Waals surface area contributed by atoms with Crippen LogP contribution in [-0.2, 0) is 9.53 Å². The molecule has 0 amide bonds. The van der Waals surface area contributed by atoms with E-state index in [0.29, 0.717) is 5.56 Å². The highest BCUT2D eigenvalue weighted by Gasteiger charge is 2.24. The van der Waals surface area contributed by atoms with E-state index in [1.165, 1.54) is 0 Å². The molecule has 1 atom stereocenters. The van der Waals surface area contributed by atoms with E-state index in [9.17, 15) is 9.90 Å². The fourth-order valence-electron chi connectivity index (χ4n) is 2.31. The zero-order valence-electron chi connectivity index (χ0n) is 10.6. The van der Waals surface area contributed by atoms with Gasteiger partial charge in [0, 0.05) is 24.3 Å². The van der Waals surface area contributed by atoms with Gasteiger partial charge >= 0.3 is 5.97 Å². The summed E-state index contributed by atoms with van der Waals surface area (Å²) in [4.78, 5) is 13.8. The van der Waals surface area contributed by atoms with Crippen LogP contribution in [0.5, 0.6) is 0 Å². The minimum atomic E-state index is -1.19. The molecule has 1 aromatic carbocycles. The van der Waals surface area contributed by atoms with Gasteiger partial charge in [0.25, 0.3) is 0 Å². The Balaban J connectivity index is 2.23. The maximum atomic E-state index is 11.6. The summed E-state index contributed by atoms with van der Waals surface area (Å²) >= 11 is 0. The maximum absolute atomic E-state index is 11.6. The van der Waals surface area contributed by atoms with E-state index in [-0.39, 0.29) is 6.61 Å². The highest BCUT2D eigenvalue weighted by Crippen LogP contribution is 2.29. The standard InChI is InChI=1S/C14H19NO3/c1-2-18-14(17)13(16)11-7-3-4-8-12(11)15-9-5-6-10-15/h3-4,7-8,13,16H,2,5-6,9-10H2,1H3. The SMILES string of the molecule is CCOC(=O)C(O)c1ccccc1N1CCCC1. The third-order valence-electron chi connectivity index (χ3n) is 3.19. The largest absolute Gasteiger partial charge is 0.464 e. The van der Waals surface area contributed by atoms with Gasteiger partial charge in [0.2, 0.25) is 0 Å². The minimum absolute atomic E-state index is 0.280. The minimum Gasteiger partial charge on any atom is -0.464 e. The molecule has 2 rings (SSSR count). The summed E-state index contributed by atoms with van der Waals surface area (Å²) in [5, 5.41) is 10.1. The van der Waals surface area contributed by atoms with Gasteiger partial charge in [0.15, 0.2) is 6.10 Å². The Morgan fingerprint density at radius 3 is 2.72 bits per heavy atom. The fraction of sp³-hybridized carbons (Fsp3) is 0.500. The first-order chi connectivity index (χ1) is 8.74. The van der Waals surface area contributed by atoms with Crippen molar-refractivity contribution in [2.75, 3.05) is 24.6 Å². The number of esters is 1. The van der Waals surface area contributed by atoms with Crippen molar-refractivity contribution in [3.8, 4) is 0 Å². The van der Waals surface area contributed by atoms with Crippen molar-refractivity contribution in [3.63, 3.8) is 0 Å². The molecule has 1 fully saturated rings. The van der Waals surface area contributed by atoms with Crippen LogP contribution in [0.1, 0.15) is 31.4 Å². The first-order valence-corrected chi connectivity index (χ1v) is 6.42. The lowest BCUT2D eigenvalue weighted by molar-refractivity contribution is -0.153. The van der Waals surface area contributed by atoms with Crippen LogP contribution in [0.15, 0.2) is 24.3 Å². The molecule has 0 bridgehead atoms. The van der Waals surface area contributed by atoms with E-state index < -0.39 is 12.1 Å². The Bertz CT molecular complexity index is 413. The number of aliphatic hydroxyl groups excluding tert-OH is 1. The molecule has 1 heterocycles. The molecule has 18 heavy (non-hydrogen) atoms. The van der Waals surface area contributed by atoms with Crippen molar-refractivity contribution in [1.82, 2.24) is 0 Å². The van der Waals surface area contributed by atoms with Crippen molar-refractivity contribution in [2.45, 2.75) is 25.9 Å². The van der Waals surface area contributed by atoms with E-state index in [1.54, 1.807) is 13.0 Å². The number of para-hydroxylation sites is 1. The number of hydrogen-bond donors (Lipinski definition) is 1. The van der Waals surface area contributed by atoms with Gasteiger partial charge in [-0.3, -0.25) is 0 Å². The number of carbonyl (C=O) groups is 1. The monoisotopic (exact) mass is 249 g/mol. The molecule has 1 aromatic rings. The van der Waals surface area contributed by atoms with Crippen molar-refractivity contribution in [1.29, 1.82) is 0 Å².